The molecular formula is C16H13NO3. The molecule has 2 heterocycles. The van der Waals surface area contributed by atoms with Gasteiger partial charge >= 0.3 is 0 Å². The van der Waals surface area contributed by atoms with Crippen LogP contribution in [0.3, 0.4) is 0 Å². The van der Waals surface area contributed by atoms with E-state index in [-0.39, 0.29) is 5.91 Å². The van der Waals surface area contributed by atoms with Gasteiger partial charge in [-0.3, -0.25) is 4.79 Å². The Labute approximate surface area is 115 Å². The fourth-order valence-corrected chi connectivity index (χ4v) is 1.89. The van der Waals surface area contributed by atoms with Crippen LogP contribution in [-0.4, -0.2) is 5.91 Å². The summed E-state index contributed by atoms with van der Waals surface area (Å²) in [6.45, 7) is 0.371. The molecule has 1 aromatic carbocycles. The van der Waals surface area contributed by atoms with Crippen molar-refractivity contribution in [3.8, 4) is 0 Å². The first kappa shape index (κ1) is 12.3. The third kappa shape index (κ3) is 2.80. The van der Waals surface area contributed by atoms with Crippen molar-refractivity contribution in [2.24, 2.45) is 0 Å². The maximum absolute atomic E-state index is 11.6. The van der Waals surface area contributed by atoms with Gasteiger partial charge in [0.05, 0.1) is 12.8 Å². The second-order valence-electron chi connectivity index (χ2n) is 4.32. The Hall–Kier alpha value is -2.75. The predicted molar refractivity (Wildman–Crippen MR) is 75.8 cm³/mol. The van der Waals surface area contributed by atoms with Crippen molar-refractivity contribution in [2.45, 2.75) is 6.54 Å². The van der Waals surface area contributed by atoms with Crippen LogP contribution in [0.25, 0.3) is 17.0 Å². The summed E-state index contributed by atoms with van der Waals surface area (Å²) in [5.41, 5.74) is 0.808. The van der Waals surface area contributed by atoms with Crippen molar-refractivity contribution in [3.63, 3.8) is 0 Å². The van der Waals surface area contributed by atoms with E-state index < -0.39 is 0 Å². The van der Waals surface area contributed by atoms with E-state index in [9.17, 15) is 4.79 Å². The van der Waals surface area contributed by atoms with Gasteiger partial charge in [-0.1, -0.05) is 18.2 Å². The molecule has 3 aromatic rings. The number of rotatable bonds is 4. The third-order valence-corrected chi connectivity index (χ3v) is 2.86. The summed E-state index contributed by atoms with van der Waals surface area (Å²) in [6.07, 6.45) is 4.67. The number of fused-ring (bicyclic) bond motifs is 1. The molecule has 0 spiro atoms. The van der Waals surface area contributed by atoms with E-state index in [0.717, 1.165) is 16.7 Å². The number of para-hydroxylation sites is 1. The zero-order valence-corrected chi connectivity index (χ0v) is 10.7. The van der Waals surface area contributed by atoms with Crippen LogP contribution in [0, 0.1) is 0 Å². The monoisotopic (exact) mass is 267 g/mol. The van der Waals surface area contributed by atoms with Crippen molar-refractivity contribution >= 4 is 23.0 Å². The van der Waals surface area contributed by atoms with Crippen LogP contribution >= 0.6 is 0 Å². The molecular weight excluding hydrogens is 254 g/mol. The molecule has 0 aliphatic carbocycles. The van der Waals surface area contributed by atoms with E-state index in [1.54, 1.807) is 18.4 Å². The van der Waals surface area contributed by atoms with Crippen LogP contribution < -0.4 is 5.32 Å². The van der Waals surface area contributed by atoms with Gasteiger partial charge in [-0.2, -0.15) is 0 Å². The number of hydrogen-bond donors (Lipinski definition) is 1. The van der Waals surface area contributed by atoms with Gasteiger partial charge in [0.15, 0.2) is 0 Å². The predicted octanol–water partition coefficient (Wildman–Crippen LogP) is 3.36. The molecule has 0 atom stereocenters. The summed E-state index contributed by atoms with van der Waals surface area (Å²) in [6, 6.07) is 13.2. The van der Waals surface area contributed by atoms with Crippen LogP contribution in [-0.2, 0) is 11.3 Å². The number of hydrogen-bond acceptors (Lipinski definition) is 3. The van der Waals surface area contributed by atoms with Gasteiger partial charge in [0.1, 0.15) is 17.1 Å². The van der Waals surface area contributed by atoms with Gasteiger partial charge in [-0.05, 0) is 30.3 Å². The minimum atomic E-state index is -0.193. The van der Waals surface area contributed by atoms with Crippen molar-refractivity contribution in [1.29, 1.82) is 0 Å². The zero-order chi connectivity index (χ0) is 13.8. The van der Waals surface area contributed by atoms with Gasteiger partial charge in [-0.15, -0.1) is 0 Å². The average molecular weight is 267 g/mol. The molecule has 0 saturated heterocycles. The Morgan fingerprint density at radius 1 is 1.20 bits per heavy atom. The van der Waals surface area contributed by atoms with E-state index in [1.807, 2.05) is 36.4 Å². The average Bonchev–Trinajstić information content (AvgIpc) is 3.11. The highest BCUT2D eigenvalue weighted by Gasteiger charge is 2.01. The maximum atomic E-state index is 11.6. The maximum Gasteiger partial charge on any atom is 0.244 e. The zero-order valence-electron chi connectivity index (χ0n) is 10.7. The largest absolute Gasteiger partial charge is 0.467 e. The lowest BCUT2D eigenvalue weighted by Crippen LogP contribution is -2.19. The molecule has 0 saturated carbocycles. The normalized spacial score (nSPS) is 11.2. The molecule has 0 bridgehead atoms. The molecule has 4 heteroatoms. The first-order chi connectivity index (χ1) is 9.81. The highest BCUT2D eigenvalue weighted by atomic mass is 16.3. The standard InChI is InChI=1S/C16H13NO3/c18-16(17-11-14-5-3-9-19-14)8-7-13-10-12-4-1-2-6-15(12)20-13/h1-10H,11H2,(H,17,18). The summed E-state index contributed by atoms with van der Waals surface area (Å²) < 4.78 is 10.7. The van der Waals surface area contributed by atoms with Crippen LogP contribution in [0.2, 0.25) is 0 Å². The summed E-state index contributed by atoms with van der Waals surface area (Å²) >= 11 is 0. The second-order valence-corrected chi connectivity index (χ2v) is 4.32. The van der Waals surface area contributed by atoms with Crippen LogP contribution in [0.4, 0.5) is 0 Å². The Balaban J connectivity index is 1.62. The fourth-order valence-electron chi connectivity index (χ4n) is 1.89. The summed E-state index contributed by atoms with van der Waals surface area (Å²) in [4.78, 5) is 11.6. The molecule has 0 radical (unpaired) electrons. The van der Waals surface area contributed by atoms with Gasteiger partial charge in [0.25, 0.3) is 0 Å². The van der Waals surface area contributed by atoms with E-state index in [2.05, 4.69) is 5.32 Å². The Bertz CT molecular complexity index is 705. The van der Waals surface area contributed by atoms with Crippen molar-refractivity contribution in [2.75, 3.05) is 0 Å². The Morgan fingerprint density at radius 3 is 2.90 bits per heavy atom. The number of furan rings is 2. The molecule has 4 nitrogen and oxygen atoms in total. The van der Waals surface area contributed by atoms with Crippen LogP contribution in [0.1, 0.15) is 11.5 Å². The smallest absolute Gasteiger partial charge is 0.244 e. The minimum absolute atomic E-state index is 0.193. The number of nitrogens with one attached hydrogen (secondary N) is 1. The quantitative estimate of drug-likeness (QED) is 0.737. The van der Waals surface area contributed by atoms with Gasteiger partial charge in [0, 0.05) is 11.5 Å². The molecule has 100 valence electrons. The van der Waals surface area contributed by atoms with E-state index in [0.29, 0.717) is 12.3 Å². The topological polar surface area (TPSA) is 55.4 Å². The van der Waals surface area contributed by atoms with Gasteiger partial charge in [0.2, 0.25) is 5.91 Å². The Kier molecular flexibility index (Phi) is 3.37. The molecule has 0 aliphatic rings. The van der Waals surface area contributed by atoms with Crippen molar-refractivity contribution in [1.82, 2.24) is 5.32 Å². The minimum Gasteiger partial charge on any atom is -0.467 e. The number of carbonyl (C=O) groups excluding carboxylic acids is 1. The van der Waals surface area contributed by atoms with E-state index in [4.69, 9.17) is 8.83 Å². The Morgan fingerprint density at radius 2 is 2.10 bits per heavy atom. The molecule has 20 heavy (non-hydrogen) atoms. The SMILES string of the molecule is O=C(C=Cc1cc2ccccc2o1)NCc1ccco1. The van der Waals surface area contributed by atoms with E-state index >= 15 is 0 Å². The van der Waals surface area contributed by atoms with E-state index in [1.165, 1.54) is 6.08 Å². The van der Waals surface area contributed by atoms with Gasteiger partial charge < -0.3 is 14.2 Å². The molecule has 1 amide bonds. The number of benzene rings is 1. The lowest BCUT2D eigenvalue weighted by Gasteiger charge is -1.97. The van der Waals surface area contributed by atoms with Crippen molar-refractivity contribution in [3.05, 3.63) is 66.3 Å². The highest BCUT2D eigenvalue weighted by molar-refractivity contribution is 5.92. The first-order valence-corrected chi connectivity index (χ1v) is 6.28. The number of carbonyl (C=O) groups is 1. The third-order valence-electron chi connectivity index (χ3n) is 2.86. The number of amides is 1. The molecule has 1 N–H and O–H groups in total. The fraction of sp³-hybridized carbons (Fsp3) is 0.0625. The summed E-state index contributed by atoms with van der Waals surface area (Å²) in [5, 5.41) is 3.74. The summed E-state index contributed by atoms with van der Waals surface area (Å²) in [7, 11) is 0. The summed E-state index contributed by atoms with van der Waals surface area (Å²) in [5.74, 6) is 1.18. The van der Waals surface area contributed by atoms with Crippen LogP contribution in [0.15, 0.2) is 63.6 Å². The first-order valence-electron chi connectivity index (χ1n) is 6.28. The lowest BCUT2D eigenvalue weighted by atomic mass is 10.2. The van der Waals surface area contributed by atoms with Crippen LogP contribution in [0.5, 0.6) is 0 Å². The lowest BCUT2D eigenvalue weighted by molar-refractivity contribution is -0.116. The molecule has 0 fully saturated rings. The highest BCUT2D eigenvalue weighted by Crippen LogP contribution is 2.19. The van der Waals surface area contributed by atoms with Crippen molar-refractivity contribution < 1.29 is 13.6 Å². The molecule has 0 unspecified atom stereocenters. The molecule has 2 aromatic heterocycles. The molecule has 3 rings (SSSR count). The molecule has 0 aliphatic heterocycles. The van der Waals surface area contributed by atoms with Gasteiger partial charge in [-0.25, -0.2) is 0 Å². The second kappa shape index (κ2) is 5.48.